The maximum Gasteiger partial charge on any atom is 0.0638 e. The van der Waals surface area contributed by atoms with Gasteiger partial charge in [0, 0.05) is 13.2 Å². The van der Waals surface area contributed by atoms with E-state index in [1.54, 1.807) is 18.4 Å². The number of aliphatic hydroxyl groups excluding tert-OH is 1. The van der Waals surface area contributed by atoms with Gasteiger partial charge in [0.2, 0.25) is 0 Å². The molecule has 1 heterocycles. The fraction of sp³-hybridized carbons (Fsp3) is 0.600. The van der Waals surface area contributed by atoms with Crippen LogP contribution >= 0.6 is 11.3 Å². The molecular formula is C10H17NO2S. The van der Waals surface area contributed by atoms with E-state index in [0.29, 0.717) is 6.61 Å². The number of ether oxygens (including phenoxy) is 1. The van der Waals surface area contributed by atoms with Gasteiger partial charge in [-0.25, -0.2) is 0 Å². The van der Waals surface area contributed by atoms with Crippen molar-refractivity contribution < 1.29 is 9.84 Å². The third-order valence-electron chi connectivity index (χ3n) is 2.12. The van der Waals surface area contributed by atoms with Crippen LogP contribution in [0.25, 0.3) is 0 Å². The number of aliphatic hydroxyl groups is 1. The highest BCUT2D eigenvalue weighted by molar-refractivity contribution is 7.07. The molecule has 14 heavy (non-hydrogen) atoms. The third-order valence-corrected chi connectivity index (χ3v) is 2.82. The van der Waals surface area contributed by atoms with Crippen molar-refractivity contribution in [2.24, 2.45) is 0 Å². The first-order valence-corrected chi connectivity index (χ1v) is 5.60. The van der Waals surface area contributed by atoms with Gasteiger partial charge in [-0.1, -0.05) is 0 Å². The van der Waals surface area contributed by atoms with E-state index in [9.17, 15) is 0 Å². The monoisotopic (exact) mass is 215 g/mol. The maximum absolute atomic E-state index is 9.06. The van der Waals surface area contributed by atoms with Crippen LogP contribution in [0, 0.1) is 0 Å². The fourth-order valence-electron chi connectivity index (χ4n) is 1.33. The molecule has 0 aliphatic rings. The Morgan fingerprint density at radius 2 is 2.43 bits per heavy atom. The van der Waals surface area contributed by atoms with Crippen molar-refractivity contribution in [3.63, 3.8) is 0 Å². The number of hydrogen-bond acceptors (Lipinski definition) is 4. The molecular weight excluding hydrogens is 198 g/mol. The van der Waals surface area contributed by atoms with E-state index in [1.807, 2.05) is 0 Å². The number of hydrogen-bond donors (Lipinski definition) is 2. The van der Waals surface area contributed by atoms with Crippen LogP contribution in [0.2, 0.25) is 0 Å². The summed E-state index contributed by atoms with van der Waals surface area (Å²) in [6.45, 7) is 2.72. The van der Waals surface area contributed by atoms with Crippen LogP contribution < -0.4 is 5.32 Å². The lowest BCUT2D eigenvalue weighted by molar-refractivity contribution is 0.123. The zero-order chi connectivity index (χ0) is 10.4. The number of rotatable bonds is 6. The Balaban J connectivity index is 2.42. The molecule has 1 rings (SSSR count). The van der Waals surface area contributed by atoms with Gasteiger partial charge in [0.25, 0.3) is 0 Å². The largest absolute Gasteiger partial charge is 0.395 e. The zero-order valence-corrected chi connectivity index (χ0v) is 9.38. The summed E-state index contributed by atoms with van der Waals surface area (Å²) in [4.78, 5) is 0. The minimum atomic E-state index is 0.00917. The molecule has 1 aromatic rings. The summed E-state index contributed by atoms with van der Waals surface area (Å²) >= 11 is 1.68. The maximum atomic E-state index is 9.06. The van der Waals surface area contributed by atoms with E-state index in [0.717, 1.165) is 0 Å². The molecule has 2 unspecified atom stereocenters. The van der Waals surface area contributed by atoms with Crippen LogP contribution in [0.4, 0.5) is 0 Å². The Labute approximate surface area is 88.7 Å². The molecule has 0 aromatic carbocycles. The average Bonchev–Trinajstić information content (AvgIpc) is 2.69. The molecule has 0 bridgehead atoms. The normalized spacial score (nSPS) is 15.4. The second-order valence-electron chi connectivity index (χ2n) is 3.28. The van der Waals surface area contributed by atoms with Gasteiger partial charge in [-0.05, 0) is 29.3 Å². The van der Waals surface area contributed by atoms with Crippen LogP contribution in [-0.4, -0.2) is 31.5 Å². The summed E-state index contributed by atoms with van der Waals surface area (Å²) in [6.07, 6.45) is 0. The Bertz CT molecular complexity index is 238. The van der Waals surface area contributed by atoms with Crippen molar-refractivity contribution in [3.05, 3.63) is 22.4 Å². The van der Waals surface area contributed by atoms with Gasteiger partial charge < -0.3 is 15.2 Å². The first-order chi connectivity index (χ1) is 6.77. The lowest BCUT2D eigenvalue weighted by Gasteiger charge is -2.20. The van der Waals surface area contributed by atoms with E-state index in [2.05, 4.69) is 29.1 Å². The first-order valence-electron chi connectivity index (χ1n) is 4.66. The highest BCUT2D eigenvalue weighted by Gasteiger charge is 2.12. The summed E-state index contributed by atoms with van der Waals surface area (Å²) in [6, 6.07) is 2.35. The van der Waals surface area contributed by atoms with Gasteiger partial charge in [-0.3, -0.25) is 0 Å². The summed E-state index contributed by atoms with van der Waals surface area (Å²) in [7, 11) is 1.64. The minimum absolute atomic E-state index is 0.00917. The van der Waals surface area contributed by atoms with Gasteiger partial charge in [0.05, 0.1) is 19.3 Å². The molecule has 0 aliphatic carbocycles. The predicted octanol–water partition coefficient (Wildman–Crippen LogP) is 1.41. The van der Waals surface area contributed by atoms with Crippen LogP contribution in [0.3, 0.4) is 0 Å². The van der Waals surface area contributed by atoms with Gasteiger partial charge >= 0.3 is 0 Å². The molecule has 0 aliphatic heterocycles. The molecule has 3 nitrogen and oxygen atoms in total. The Morgan fingerprint density at radius 3 is 2.93 bits per heavy atom. The van der Waals surface area contributed by atoms with Crippen molar-refractivity contribution >= 4 is 11.3 Å². The third kappa shape index (κ3) is 3.38. The SMILES string of the molecule is COCC(CO)NC(C)c1ccsc1. The predicted molar refractivity (Wildman–Crippen MR) is 58.6 cm³/mol. The molecule has 0 amide bonds. The first kappa shape index (κ1) is 11.7. The Kier molecular flexibility index (Phi) is 5.11. The number of methoxy groups -OCH3 is 1. The highest BCUT2D eigenvalue weighted by Crippen LogP contribution is 2.15. The van der Waals surface area contributed by atoms with Crippen molar-refractivity contribution in [3.8, 4) is 0 Å². The van der Waals surface area contributed by atoms with Crippen LogP contribution in [0.1, 0.15) is 18.5 Å². The lowest BCUT2D eigenvalue weighted by Crippen LogP contribution is -2.37. The quantitative estimate of drug-likeness (QED) is 0.754. The average molecular weight is 215 g/mol. The molecule has 1 aromatic heterocycles. The zero-order valence-electron chi connectivity index (χ0n) is 8.56. The van der Waals surface area contributed by atoms with Crippen molar-refractivity contribution in [2.45, 2.75) is 19.0 Å². The summed E-state index contributed by atoms with van der Waals surface area (Å²) in [5, 5.41) is 16.5. The van der Waals surface area contributed by atoms with Gasteiger partial charge in [0.1, 0.15) is 0 Å². The second-order valence-corrected chi connectivity index (χ2v) is 4.06. The van der Waals surface area contributed by atoms with Crippen molar-refractivity contribution in [1.29, 1.82) is 0 Å². The topological polar surface area (TPSA) is 41.5 Å². The van der Waals surface area contributed by atoms with Gasteiger partial charge in [-0.2, -0.15) is 11.3 Å². The Morgan fingerprint density at radius 1 is 1.64 bits per heavy atom. The smallest absolute Gasteiger partial charge is 0.0638 e. The van der Waals surface area contributed by atoms with E-state index in [4.69, 9.17) is 9.84 Å². The number of nitrogens with one attached hydrogen (secondary N) is 1. The molecule has 0 spiro atoms. The Hall–Kier alpha value is -0.420. The summed E-state index contributed by atoms with van der Waals surface area (Å²) < 4.78 is 4.99. The summed E-state index contributed by atoms with van der Waals surface area (Å²) in [5.41, 5.74) is 1.25. The molecule has 0 fully saturated rings. The molecule has 0 saturated carbocycles. The molecule has 80 valence electrons. The fourth-order valence-corrected chi connectivity index (χ4v) is 2.08. The minimum Gasteiger partial charge on any atom is -0.395 e. The molecule has 4 heteroatoms. The van der Waals surface area contributed by atoms with Crippen LogP contribution in [-0.2, 0) is 4.74 Å². The van der Waals surface area contributed by atoms with Gasteiger partial charge in [-0.15, -0.1) is 0 Å². The van der Waals surface area contributed by atoms with Gasteiger partial charge in [0.15, 0.2) is 0 Å². The molecule has 0 radical (unpaired) electrons. The van der Waals surface area contributed by atoms with Crippen LogP contribution in [0.5, 0.6) is 0 Å². The lowest BCUT2D eigenvalue weighted by atomic mass is 10.1. The van der Waals surface area contributed by atoms with E-state index in [1.165, 1.54) is 5.56 Å². The van der Waals surface area contributed by atoms with E-state index < -0.39 is 0 Å². The molecule has 2 N–H and O–H groups in total. The van der Waals surface area contributed by atoms with E-state index in [-0.39, 0.29) is 18.7 Å². The standard InChI is InChI=1S/C10H17NO2S/c1-8(9-3-4-14-7-9)11-10(5-12)6-13-2/h3-4,7-8,10-12H,5-6H2,1-2H3. The van der Waals surface area contributed by atoms with Crippen molar-refractivity contribution in [1.82, 2.24) is 5.32 Å². The molecule has 2 atom stereocenters. The number of thiophene rings is 1. The second kappa shape index (κ2) is 6.14. The highest BCUT2D eigenvalue weighted by atomic mass is 32.1. The summed E-state index contributed by atoms with van der Waals surface area (Å²) in [5.74, 6) is 0. The van der Waals surface area contributed by atoms with E-state index >= 15 is 0 Å². The van der Waals surface area contributed by atoms with Crippen LogP contribution in [0.15, 0.2) is 16.8 Å². The molecule has 0 saturated heterocycles. The van der Waals surface area contributed by atoms with Crippen molar-refractivity contribution in [2.75, 3.05) is 20.3 Å².